The summed E-state index contributed by atoms with van der Waals surface area (Å²) in [5.41, 5.74) is 0. The molecule has 8 heteroatoms. The molecule has 1 unspecified atom stereocenters. The molecular weight excluding hydrogens is 240 g/mol. The smallest absolute Gasteiger partial charge is 0.381 e. The van der Waals surface area contributed by atoms with Gasteiger partial charge >= 0.3 is 5.82 Å². The van der Waals surface area contributed by atoms with Crippen molar-refractivity contribution in [3.8, 4) is 0 Å². The third kappa shape index (κ3) is 4.13. The number of hydrogen-bond acceptors (Lipinski definition) is 5. The fourth-order valence-corrected chi connectivity index (χ4v) is 1.37. The van der Waals surface area contributed by atoms with Crippen LogP contribution in [0.25, 0.3) is 0 Å². The molecule has 0 spiro atoms. The number of carbonyl (C=O) groups excluding carboxylic acids is 1. The number of nitrogens with one attached hydrogen (secondary N) is 1. The second kappa shape index (κ2) is 6.10. The molecule has 0 aliphatic rings. The van der Waals surface area contributed by atoms with Crippen molar-refractivity contribution in [1.29, 1.82) is 0 Å². The fourth-order valence-electron chi connectivity index (χ4n) is 1.37. The van der Waals surface area contributed by atoms with Crippen molar-refractivity contribution >= 4 is 11.7 Å². The number of aliphatic hydroxyl groups excluding tert-OH is 1. The minimum Gasteiger partial charge on any atom is -0.393 e. The molecule has 0 saturated heterocycles. The third-order valence-electron chi connectivity index (χ3n) is 2.35. The molecule has 8 nitrogen and oxygen atoms in total. The number of carbonyl (C=O) groups is 1. The lowest BCUT2D eigenvalue weighted by molar-refractivity contribution is -0.389. The van der Waals surface area contributed by atoms with Gasteiger partial charge in [0.1, 0.15) is 12.7 Å². The van der Waals surface area contributed by atoms with Crippen LogP contribution in [0.4, 0.5) is 5.82 Å². The molecule has 1 amide bonds. The molecule has 1 atom stereocenters. The van der Waals surface area contributed by atoms with Crippen molar-refractivity contribution in [3.05, 3.63) is 22.1 Å². The summed E-state index contributed by atoms with van der Waals surface area (Å²) in [7, 11) is 0. The van der Waals surface area contributed by atoms with Gasteiger partial charge in [0.2, 0.25) is 11.7 Å². The first-order valence-corrected chi connectivity index (χ1v) is 5.53. The number of rotatable bonds is 6. The maximum atomic E-state index is 11.5. The van der Waals surface area contributed by atoms with Gasteiger partial charge in [0.15, 0.2) is 0 Å². The highest BCUT2D eigenvalue weighted by molar-refractivity contribution is 5.75. The molecule has 100 valence electrons. The quantitative estimate of drug-likeness (QED) is 0.549. The van der Waals surface area contributed by atoms with Gasteiger partial charge in [-0.3, -0.25) is 9.36 Å². The van der Waals surface area contributed by atoms with E-state index < -0.39 is 11.0 Å². The molecule has 0 bridgehead atoms. The van der Waals surface area contributed by atoms with E-state index in [2.05, 4.69) is 10.3 Å². The first-order chi connectivity index (χ1) is 8.40. The summed E-state index contributed by atoms with van der Waals surface area (Å²) >= 11 is 0. The van der Waals surface area contributed by atoms with Crippen LogP contribution in [0, 0.1) is 17.0 Å². The van der Waals surface area contributed by atoms with Crippen LogP contribution in [0.1, 0.15) is 19.2 Å². The first kappa shape index (κ1) is 14.1. The second-order valence-electron chi connectivity index (χ2n) is 4.02. The fraction of sp³-hybridized carbons (Fsp3) is 0.600. The Kier molecular flexibility index (Phi) is 4.78. The number of nitrogens with zero attached hydrogens (tertiary/aromatic N) is 3. The number of aromatic nitrogens is 2. The Balaban J connectivity index is 2.51. The highest BCUT2D eigenvalue weighted by Crippen LogP contribution is 2.09. The Morgan fingerprint density at radius 1 is 1.72 bits per heavy atom. The van der Waals surface area contributed by atoms with Crippen LogP contribution in [-0.4, -0.2) is 38.1 Å². The summed E-state index contributed by atoms with van der Waals surface area (Å²) in [6, 6.07) is 0. The number of imidazole rings is 1. The lowest BCUT2D eigenvalue weighted by atomic mass is 10.3. The Hall–Kier alpha value is -1.96. The molecule has 1 aromatic heterocycles. The zero-order valence-corrected chi connectivity index (χ0v) is 10.3. The molecule has 18 heavy (non-hydrogen) atoms. The van der Waals surface area contributed by atoms with Crippen LogP contribution in [0.3, 0.4) is 0 Å². The summed E-state index contributed by atoms with van der Waals surface area (Å²) < 4.78 is 1.41. The lowest BCUT2D eigenvalue weighted by Crippen LogP contribution is -2.30. The largest absolute Gasteiger partial charge is 0.393 e. The zero-order valence-electron chi connectivity index (χ0n) is 10.3. The molecule has 0 aromatic carbocycles. The van der Waals surface area contributed by atoms with Crippen molar-refractivity contribution in [2.75, 3.05) is 6.54 Å². The minimum absolute atomic E-state index is 0.0213. The van der Waals surface area contributed by atoms with Crippen molar-refractivity contribution in [2.24, 2.45) is 0 Å². The third-order valence-corrected chi connectivity index (χ3v) is 2.35. The van der Waals surface area contributed by atoms with E-state index in [1.54, 1.807) is 13.8 Å². The first-order valence-electron chi connectivity index (χ1n) is 5.53. The summed E-state index contributed by atoms with van der Waals surface area (Å²) in [6.07, 6.45) is 1.22. The SMILES string of the molecule is Cc1nc([N+](=O)[O-])cn1CC(=O)NCCC(C)O. The van der Waals surface area contributed by atoms with E-state index in [4.69, 9.17) is 5.11 Å². The summed E-state index contributed by atoms with van der Waals surface area (Å²) in [4.78, 5) is 25.1. The Morgan fingerprint density at radius 2 is 2.39 bits per heavy atom. The number of nitro groups is 1. The van der Waals surface area contributed by atoms with Crippen LogP contribution in [0.5, 0.6) is 0 Å². The van der Waals surface area contributed by atoms with Gasteiger partial charge in [0.05, 0.1) is 6.10 Å². The molecule has 0 aliphatic carbocycles. The van der Waals surface area contributed by atoms with E-state index in [1.165, 1.54) is 10.8 Å². The molecule has 2 N–H and O–H groups in total. The normalized spacial score (nSPS) is 12.2. The minimum atomic E-state index is -0.602. The van der Waals surface area contributed by atoms with Crippen LogP contribution in [0.2, 0.25) is 0 Å². The van der Waals surface area contributed by atoms with Gasteiger partial charge in [-0.05, 0) is 23.3 Å². The van der Waals surface area contributed by atoms with Gasteiger partial charge in [-0.15, -0.1) is 0 Å². The molecule has 1 aromatic rings. The molecule has 1 rings (SSSR count). The number of aryl methyl sites for hydroxylation is 1. The average Bonchev–Trinajstić information content (AvgIpc) is 2.60. The highest BCUT2D eigenvalue weighted by Gasteiger charge is 2.16. The van der Waals surface area contributed by atoms with Crippen LogP contribution < -0.4 is 5.32 Å². The molecule has 1 heterocycles. The maximum absolute atomic E-state index is 11.5. The lowest BCUT2D eigenvalue weighted by Gasteiger charge is -2.07. The van der Waals surface area contributed by atoms with E-state index in [0.717, 1.165) is 0 Å². The maximum Gasteiger partial charge on any atom is 0.381 e. The molecule has 0 fully saturated rings. The Bertz CT molecular complexity index is 441. The Labute approximate surface area is 104 Å². The standard InChI is InChI=1S/C10H16N4O4/c1-7(15)3-4-11-10(16)6-13-5-9(14(17)18)12-8(13)2/h5,7,15H,3-4,6H2,1-2H3,(H,11,16). The Morgan fingerprint density at radius 3 is 2.89 bits per heavy atom. The van der Waals surface area contributed by atoms with Crippen molar-refractivity contribution < 1.29 is 14.8 Å². The number of aliphatic hydroxyl groups is 1. The predicted molar refractivity (Wildman–Crippen MR) is 62.9 cm³/mol. The van der Waals surface area contributed by atoms with Gasteiger partial charge in [-0.2, -0.15) is 0 Å². The van der Waals surface area contributed by atoms with E-state index in [-0.39, 0.29) is 18.3 Å². The van der Waals surface area contributed by atoms with Crippen LogP contribution in [0.15, 0.2) is 6.20 Å². The van der Waals surface area contributed by atoms with Crippen molar-refractivity contribution in [3.63, 3.8) is 0 Å². The number of hydrogen-bond donors (Lipinski definition) is 2. The summed E-state index contributed by atoms with van der Waals surface area (Å²) in [6.45, 7) is 3.57. The topological polar surface area (TPSA) is 110 Å². The summed E-state index contributed by atoms with van der Waals surface area (Å²) in [5.74, 6) is -0.136. The molecule has 0 saturated carbocycles. The van der Waals surface area contributed by atoms with Gasteiger partial charge in [0, 0.05) is 13.5 Å². The van der Waals surface area contributed by atoms with Crippen LogP contribution in [-0.2, 0) is 11.3 Å². The van der Waals surface area contributed by atoms with Crippen molar-refractivity contribution in [2.45, 2.75) is 32.9 Å². The van der Waals surface area contributed by atoms with Gasteiger partial charge in [-0.25, -0.2) is 0 Å². The van der Waals surface area contributed by atoms with Crippen LogP contribution >= 0.6 is 0 Å². The number of amides is 1. The van der Waals surface area contributed by atoms with E-state index in [9.17, 15) is 14.9 Å². The van der Waals surface area contributed by atoms with Gasteiger partial charge in [0.25, 0.3) is 0 Å². The molecular formula is C10H16N4O4. The van der Waals surface area contributed by atoms with Gasteiger partial charge in [-0.1, -0.05) is 0 Å². The zero-order chi connectivity index (χ0) is 13.7. The average molecular weight is 256 g/mol. The van der Waals surface area contributed by atoms with Gasteiger partial charge < -0.3 is 20.5 Å². The molecule has 0 aliphatic heterocycles. The highest BCUT2D eigenvalue weighted by atomic mass is 16.6. The van der Waals surface area contributed by atoms with E-state index >= 15 is 0 Å². The van der Waals surface area contributed by atoms with Crippen molar-refractivity contribution in [1.82, 2.24) is 14.9 Å². The predicted octanol–water partition coefficient (Wildman–Crippen LogP) is -0.0132. The van der Waals surface area contributed by atoms with E-state index in [1.807, 2.05) is 0 Å². The second-order valence-corrected chi connectivity index (χ2v) is 4.02. The summed E-state index contributed by atoms with van der Waals surface area (Å²) in [5, 5.41) is 22.1. The van der Waals surface area contributed by atoms with E-state index in [0.29, 0.717) is 18.8 Å². The molecule has 0 radical (unpaired) electrons. The monoisotopic (exact) mass is 256 g/mol.